The lowest BCUT2D eigenvalue weighted by atomic mass is 10.0. The first kappa shape index (κ1) is 20.7. The van der Waals surface area contributed by atoms with Crippen LogP contribution >= 0.6 is 0 Å². The van der Waals surface area contributed by atoms with Crippen molar-refractivity contribution in [2.45, 2.75) is 37.1 Å². The summed E-state index contributed by atoms with van der Waals surface area (Å²) in [5, 5.41) is 0. The molecule has 0 atom stereocenters. The first-order valence-electron chi connectivity index (χ1n) is 11.0. The molecule has 168 valence electrons. The normalized spacial score (nSPS) is 19.3. The molecule has 0 radical (unpaired) electrons. The standard InChI is InChI=1S/C23H27N5O4/c1-31-21(29)23(8-9-23)18-14-19(27-10-12-32-13-11-27)26-20(25-18)15-2-4-16(5-3-15)28(22(24)30)17-6-7-17/h2-5,14,17H,6-13H2,1H3,(H2,24,30). The fraction of sp³-hybridized carbons (Fsp3) is 0.478. The van der Waals surface area contributed by atoms with Gasteiger partial charge in [-0.05, 0) is 49.9 Å². The van der Waals surface area contributed by atoms with Crippen LogP contribution in [0.5, 0.6) is 0 Å². The summed E-state index contributed by atoms with van der Waals surface area (Å²) in [4.78, 5) is 37.8. The predicted octanol–water partition coefficient (Wildman–Crippen LogP) is 2.23. The first-order chi connectivity index (χ1) is 15.5. The van der Waals surface area contributed by atoms with Crippen LogP contribution in [0.25, 0.3) is 11.4 Å². The number of nitrogens with two attached hydrogens (primary N) is 1. The minimum atomic E-state index is -0.692. The SMILES string of the molecule is COC(=O)C1(c2cc(N3CCOCC3)nc(-c3ccc(N(C(N)=O)C4CC4)cc3)n2)CC1. The molecule has 2 N–H and O–H groups in total. The van der Waals surface area contributed by atoms with Gasteiger partial charge in [-0.3, -0.25) is 9.69 Å². The van der Waals surface area contributed by atoms with Gasteiger partial charge in [0.25, 0.3) is 0 Å². The maximum absolute atomic E-state index is 12.5. The lowest BCUT2D eigenvalue weighted by Gasteiger charge is -2.29. The van der Waals surface area contributed by atoms with Crippen molar-refractivity contribution in [2.75, 3.05) is 43.2 Å². The number of hydrogen-bond acceptors (Lipinski definition) is 7. The molecule has 2 aliphatic carbocycles. The monoisotopic (exact) mass is 437 g/mol. The van der Waals surface area contributed by atoms with Crippen LogP contribution in [0.3, 0.4) is 0 Å². The van der Waals surface area contributed by atoms with Crippen molar-refractivity contribution >= 4 is 23.5 Å². The van der Waals surface area contributed by atoms with Crippen LogP contribution < -0.4 is 15.5 Å². The summed E-state index contributed by atoms with van der Waals surface area (Å²) < 4.78 is 10.6. The smallest absolute Gasteiger partial charge is 0.319 e. The zero-order valence-electron chi connectivity index (χ0n) is 18.1. The van der Waals surface area contributed by atoms with E-state index >= 15 is 0 Å². The van der Waals surface area contributed by atoms with Gasteiger partial charge in [0, 0.05) is 36.4 Å². The second kappa shape index (κ2) is 8.05. The van der Waals surface area contributed by atoms with Crippen LogP contribution in [0.2, 0.25) is 0 Å². The van der Waals surface area contributed by atoms with Crippen LogP contribution in [-0.4, -0.2) is 61.4 Å². The Kier molecular flexibility index (Phi) is 5.21. The second-order valence-corrected chi connectivity index (χ2v) is 8.59. The van der Waals surface area contributed by atoms with E-state index in [9.17, 15) is 9.59 Å². The quantitative estimate of drug-likeness (QED) is 0.690. The second-order valence-electron chi connectivity index (χ2n) is 8.59. The molecule has 0 unspecified atom stereocenters. The third-order valence-corrected chi connectivity index (χ3v) is 6.42. The summed E-state index contributed by atoms with van der Waals surface area (Å²) in [7, 11) is 1.41. The molecule has 9 heteroatoms. The third-order valence-electron chi connectivity index (χ3n) is 6.42. The average molecular weight is 438 g/mol. The van der Waals surface area contributed by atoms with Gasteiger partial charge in [-0.1, -0.05) is 0 Å². The van der Waals surface area contributed by atoms with Gasteiger partial charge in [0.15, 0.2) is 5.82 Å². The number of ether oxygens (including phenoxy) is 2. The largest absolute Gasteiger partial charge is 0.468 e. The number of anilines is 2. The number of morpholine rings is 1. The Balaban J connectivity index is 1.52. The number of rotatable bonds is 6. The van der Waals surface area contributed by atoms with Gasteiger partial charge >= 0.3 is 12.0 Å². The molecular formula is C23H27N5O4. The summed E-state index contributed by atoms with van der Waals surface area (Å²) in [5.41, 5.74) is 7.16. The molecule has 32 heavy (non-hydrogen) atoms. The van der Waals surface area contributed by atoms with E-state index in [2.05, 4.69) is 4.90 Å². The number of urea groups is 1. The van der Waals surface area contributed by atoms with Gasteiger partial charge in [0.2, 0.25) is 0 Å². The van der Waals surface area contributed by atoms with E-state index in [1.807, 2.05) is 30.3 Å². The highest BCUT2D eigenvalue weighted by Crippen LogP contribution is 2.49. The van der Waals surface area contributed by atoms with Gasteiger partial charge in [0.05, 0.1) is 26.0 Å². The van der Waals surface area contributed by atoms with Gasteiger partial charge in [-0.2, -0.15) is 0 Å². The topological polar surface area (TPSA) is 111 Å². The van der Waals surface area contributed by atoms with E-state index < -0.39 is 11.4 Å². The van der Waals surface area contributed by atoms with E-state index in [-0.39, 0.29) is 12.0 Å². The highest BCUT2D eigenvalue weighted by atomic mass is 16.5. The molecule has 2 heterocycles. The number of nitrogens with zero attached hydrogens (tertiary/aromatic N) is 4. The molecule has 0 bridgehead atoms. The van der Waals surface area contributed by atoms with Gasteiger partial charge in [0.1, 0.15) is 11.2 Å². The highest BCUT2D eigenvalue weighted by molar-refractivity contribution is 5.92. The van der Waals surface area contributed by atoms with E-state index in [4.69, 9.17) is 25.2 Å². The number of amides is 2. The first-order valence-corrected chi connectivity index (χ1v) is 11.0. The minimum absolute atomic E-state index is 0.181. The Labute approximate surface area is 186 Å². The summed E-state index contributed by atoms with van der Waals surface area (Å²) in [6.45, 7) is 2.73. The maximum atomic E-state index is 12.5. The molecule has 0 spiro atoms. The summed E-state index contributed by atoms with van der Waals surface area (Å²) >= 11 is 0. The average Bonchev–Trinajstić information content (AvgIpc) is 3.74. The Bertz CT molecular complexity index is 1030. The lowest BCUT2D eigenvalue weighted by Crippen LogP contribution is -2.37. The fourth-order valence-corrected chi connectivity index (χ4v) is 4.27. The molecule has 9 nitrogen and oxygen atoms in total. The maximum Gasteiger partial charge on any atom is 0.319 e. The molecule has 2 saturated carbocycles. The third kappa shape index (κ3) is 3.77. The van der Waals surface area contributed by atoms with E-state index in [0.717, 1.165) is 43.0 Å². The molecular weight excluding hydrogens is 410 g/mol. The van der Waals surface area contributed by atoms with Crippen molar-refractivity contribution in [1.29, 1.82) is 0 Å². The Morgan fingerprint density at radius 3 is 2.41 bits per heavy atom. The summed E-state index contributed by atoms with van der Waals surface area (Å²) in [6.07, 6.45) is 3.36. The van der Waals surface area contributed by atoms with E-state index in [1.165, 1.54) is 7.11 Å². The fourth-order valence-electron chi connectivity index (χ4n) is 4.27. The lowest BCUT2D eigenvalue weighted by molar-refractivity contribution is -0.143. The number of hydrogen-bond donors (Lipinski definition) is 1. The van der Waals surface area contributed by atoms with Crippen LogP contribution in [0.15, 0.2) is 30.3 Å². The molecule has 2 aromatic rings. The van der Waals surface area contributed by atoms with Crippen LogP contribution in [0.1, 0.15) is 31.4 Å². The van der Waals surface area contributed by atoms with Crippen LogP contribution in [0.4, 0.5) is 16.3 Å². The van der Waals surface area contributed by atoms with Crippen molar-refractivity contribution in [1.82, 2.24) is 9.97 Å². The number of esters is 1. The molecule has 1 aromatic heterocycles. The summed E-state index contributed by atoms with van der Waals surface area (Å²) in [5.74, 6) is 1.07. The number of carbonyl (C=O) groups excluding carboxylic acids is 2. The zero-order chi connectivity index (χ0) is 22.3. The minimum Gasteiger partial charge on any atom is -0.468 e. The highest BCUT2D eigenvalue weighted by Gasteiger charge is 2.54. The molecule has 2 amide bonds. The van der Waals surface area contributed by atoms with Crippen molar-refractivity contribution in [3.8, 4) is 11.4 Å². The van der Waals surface area contributed by atoms with Gasteiger partial charge in [-0.15, -0.1) is 0 Å². The number of primary amides is 1. The molecule has 1 saturated heterocycles. The van der Waals surface area contributed by atoms with Crippen molar-refractivity contribution in [3.05, 3.63) is 36.0 Å². The van der Waals surface area contributed by atoms with Crippen LogP contribution in [0, 0.1) is 0 Å². The summed E-state index contributed by atoms with van der Waals surface area (Å²) in [6, 6.07) is 9.19. The Morgan fingerprint density at radius 1 is 1.16 bits per heavy atom. The molecule has 1 aromatic carbocycles. The zero-order valence-corrected chi connectivity index (χ0v) is 18.1. The molecule has 3 aliphatic rings. The molecule has 3 fully saturated rings. The molecule has 5 rings (SSSR count). The number of aromatic nitrogens is 2. The van der Waals surface area contributed by atoms with E-state index in [1.54, 1.807) is 4.90 Å². The van der Waals surface area contributed by atoms with Crippen LogP contribution in [-0.2, 0) is 19.7 Å². The number of carbonyl (C=O) groups is 2. The van der Waals surface area contributed by atoms with Crippen molar-refractivity contribution in [2.24, 2.45) is 5.73 Å². The van der Waals surface area contributed by atoms with Gasteiger partial charge < -0.3 is 20.1 Å². The predicted molar refractivity (Wildman–Crippen MR) is 119 cm³/mol. The Hall–Kier alpha value is -3.20. The molecule has 1 aliphatic heterocycles. The number of benzene rings is 1. The number of methoxy groups -OCH3 is 1. The van der Waals surface area contributed by atoms with E-state index in [0.29, 0.717) is 37.6 Å². The van der Waals surface area contributed by atoms with Crippen molar-refractivity contribution < 1.29 is 19.1 Å². The Morgan fingerprint density at radius 2 is 1.84 bits per heavy atom. The van der Waals surface area contributed by atoms with Gasteiger partial charge in [-0.25, -0.2) is 14.8 Å². The van der Waals surface area contributed by atoms with Crippen molar-refractivity contribution in [3.63, 3.8) is 0 Å².